The van der Waals surface area contributed by atoms with E-state index in [9.17, 15) is 9.59 Å². The molecule has 0 atom stereocenters. The van der Waals surface area contributed by atoms with Crippen LogP contribution in [-0.2, 0) is 11.2 Å². The van der Waals surface area contributed by atoms with Crippen molar-refractivity contribution in [3.8, 4) is 0 Å². The van der Waals surface area contributed by atoms with E-state index in [1.54, 1.807) is 12.1 Å². The van der Waals surface area contributed by atoms with Crippen molar-refractivity contribution < 1.29 is 9.59 Å². The number of carbonyl (C=O) groups is 2. The number of amides is 2. The Balaban J connectivity index is 1.67. The van der Waals surface area contributed by atoms with Gasteiger partial charge >= 0.3 is 0 Å². The molecule has 0 aliphatic heterocycles. The summed E-state index contributed by atoms with van der Waals surface area (Å²) in [5, 5.41) is 5.49. The van der Waals surface area contributed by atoms with E-state index in [2.05, 4.69) is 42.7 Å². The molecule has 0 unspecified atom stereocenters. The van der Waals surface area contributed by atoms with Crippen molar-refractivity contribution in [3.63, 3.8) is 0 Å². The summed E-state index contributed by atoms with van der Waals surface area (Å²) in [7, 11) is 0. The molecule has 0 radical (unpaired) electrons. The molecule has 2 N–H and O–H groups in total. The smallest absolute Gasteiger partial charge is 0.251 e. The van der Waals surface area contributed by atoms with Gasteiger partial charge in [-0.25, -0.2) is 0 Å². The van der Waals surface area contributed by atoms with Crippen LogP contribution in [0.3, 0.4) is 0 Å². The minimum absolute atomic E-state index is 0.00370. The van der Waals surface area contributed by atoms with Crippen LogP contribution >= 0.6 is 0 Å². The maximum absolute atomic E-state index is 11.9. The summed E-state index contributed by atoms with van der Waals surface area (Å²) in [5.74, 6) is -0.397. The maximum Gasteiger partial charge on any atom is 0.251 e. The zero-order chi connectivity index (χ0) is 18.2. The summed E-state index contributed by atoms with van der Waals surface area (Å²) < 4.78 is 0. The molecule has 0 aliphatic carbocycles. The molecule has 0 saturated heterocycles. The first-order valence-electron chi connectivity index (χ1n) is 8.63. The fourth-order valence-corrected chi connectivity index (χ4v) is 2.66. The van der Waals surface area contributed by atoms with Gasteiger partial charge in [-0.2, -0.15) is 0 Å². The van der Waals surface area contributed by atoms with Gasteiger partial charge in [-0.15, -0.1) is 0 Å². The van der Waals surface area contributed by atoms with E-state index in [-0.39, 0.29) is 18.4 Å². The van der Waals surface area contributed by atoms with Gasteiger partial charge in [0.15, 0.2) is 0 Å². The van der Waals surface area contributed by atoms with Gasteiger partial charge in [0.2, 0.25) is 5.91 Å². The van der Waals surface area contributed by atoms with Crippen LogP contribution in [0.15, 0.2) is 42.5 Å². The molecule has 0 saturated carbocycles. The standard InChI is InChI=1S/C21H26N2O2/c1-15-6-10-19(11-7-15)21(25)23-14-20(24)22-12-4-5-18-9-8-16(2)13-17(18)3/h6-11,13H,4-5,12,14H2,1-3H3,(H,22,24)(H,23,25). The van der Waals surface area contributed by atoms with Gasteiger partial charge in [0, 0.05) is 12.1 Å². The fraction of sp³-hybridized carbons (Fsp3) is 0.333. The number of aryl methyl sites for hydroxylation is 4. The zero-order valence-electron chi connectivity index (χ0n) is 15.2. The minimum Gasteiger partial charge on any atom is -0.355 e. The number of hydrogen-bond acceptors (Lipinski definition) is 2. The summed E-state index contributed by atoms with van der Waals surface area (Å²) in [4.78, 5) is 23.8. The van der Waals surface area contributed by atoms with E-state index in [0.29, 0.717) is 12.1 Å². The molecule has 0 heterocycles. The summed E-state index contributed by atoms with van der Waals surface area (Å²) >= 11 is 0. The normalized spacial score (nSPS) is 10.4. The summed E-state index contributed by atoms with van der Waals surface area (Å²) in [6, 6.07) is 13.7. The first-order chi connectivity index (χ1) is 12.0. The Hall–Kier alpha value is -2.62. The molecule has 25 heavy (non-hydrogen) atoms. The molecule has 0 bridgehead atoms. The quantitative estimate of drug-likeness (QED) is 0.762. The Morgan fingerprint density at radius 1 is 0.880 bits per heavy atom. The van der Waals surface area contributed by atoms with Crippen LogP contribution in [-0.4, -0.2) is 24.9 Å². The molecule has 2 aromatic rings. The molecule has 2 aromatic carbocycles. The first kappa shape index (κ1) is 18.7. The van der Waals surface area contributed by atoms with Crippen molar-refractivity contribution >= 4 is 11.8 Å². The van der Waals surface area contributed by atoms with Crippen molar-refractivity contribution in [1.29, 1.82) is 0 Å². The van der Waals surface area contributed by atoms with E-state index in [1.807, 2.05) is 19.1 Å². The van der Waals surface area contributed by atoms with Gasteiger partial charge in [0.05, 0.1) is 6.54 Å². The lowest BCUT2D eigenvalue weighted by molar-refractivity contribution is -0.120. The second-order valence-electron chi connectivity index (χ2n) is 6.43. The second-order valence-corrected chi connectivity index (χ2v) is 6.43. The molecule has 2 amide bonds. The lowest BCUT2D eigenvalue weighted by atomic mass is 10.0. The molecular weight excluding hydrogens is 312 g/mol. The van der Waals surface area contributed by atoms with Crippen LogP contribution in [0.4, 0.5) is 0 Å². The molecule has 0 fully saturated rings. The number of hydrogen-bond donors (Lipinski definition) is 2. The van der Waals surface area contributed by atoms with Crippen LogP contribution in [0, 0.1) is 20.8 Å². The second kappa shape index (κ2) is 9.02. The highest BCUT2D eigenvalue weighted by molar-refractivity contribution is 5.96. The van der Waals surface area contributed by atoms with E-state index < -0.39 is 0 Å². The third-order valence-electron chi connectivity index (χ3n) is 4.17. The Morgan fingerprint density at radius 2 is 1.56 bits per heavy atom. The first-order valence-corrected chi connectivity index (χ1v) is 8.63. The minimum atomic E-state index is -0.231. The lowest BCUT2D eigenvalue weighted by Gasteiger charge is -2.09. The molecule has 0 aromatic heterocycles. The number of rotatable bonds is 7. The SMILES string of the molecule is Cc1ccc(C(=O)NCC(=O)NCCCc2ccc(C)cc2C)cc1. The molecular formula is C21H26N2O2. The highest BCUT2D eigenvalue weighted by atomic mass is 16.2. The Morgan fingerprint density at radius 3 is 2.24 bits per heavy atom. The van der Waals surface area contributed by atoms with Crippen molar-refractivity contribution in [1.82, 2.24) is 10.6 Å². The molecule has 4 heteroatoms. The molecule has 2 rings (SSSR count). The van der Waals surface area contributed by atoms with Crippen molar-refractivity contribution in [2.45, 2.75) is 33.6 Å². The molecule has 4 nitrogen and oxygen atoms in total. The van der Waals surface area contributed by atoms with Crippen LogP contribution in [0.25, 0.3) is 0 Å². The Bertz CT molecular complexity index is 736. The third kappa shape index (κ3) is 6.07. The fourth-order valence-electron chi connectivity index (χ4n) is 2.66. The van der Waals surface area contributed by atoms with Gasteiger partial charge in [-0.1, -0.05) is 41.5 Å². The van der Waals surface area contributed by atoms with Crippen molar-refractivity contribution in [2.75, 3.05) is 13.1 Å². The molecule has 0 aliphatic rings. The monoisotopic (exact) mass is 338 g/mol. The van der Waals surface area contributed by atoms with E-state index >= 15 is 0 Å². The predicted molar refractivity (Wildman–Crippen MR) is 101 cm³/mol. The van der Waals surface area contributed by atoms with Gasteiger partial charge in [-0.3, -0.25) is 9.59 Å². The van der Waals surface area contributed by atoms with Gasteiger partial charge < -0.3 is 10.6 Å². The highest BCUT2D eigenvalue weighted by Crippen LogP contribution is 2.12. The largest absolute Gasteiger partial charge is 0.355 e. The van der Waals surface area contributed by atoms with Crippen LogP contribution in [0.5, 0.6) is 0 Å². The third-order valence-corrected chi connectivity index (χ3v) is 4.17. The van der Waals surface area contributed by atoms with E-state index in [4.69, 9.17) is 0 Å². The predicted octanol–water partition coefficient (Wildman–Crippen LogP) is 3.09. The Kier molecular flexibility index (Phi) is 6.75. The summed E-state index contributed by atoms with van der Waals surface area (Å²) in [6.45, 7) is 6.76. The topological polar surface area (TPSA) is 58.2 Å². The number of benzene rings is 2. The summed E-state index contributed by atoms with van der Waals surface area (Å²) in [5.41, 5.74) is 5.52. The number of nitrogens with one attached hydrogen (secondary N) is 2. The van der Waals surface area contributed by atoms with Gasteiger partial charge in [0.1, 0.15) is 0 Å². The lowest BCUT2D eigenvalue weighted by Crippen LogP contribution is -2.37. The van der Waals surface area contributed by atoms with Gasteiger partial charge in [-0.05, 0) is 56.9 Å². The van der Waals surface area contributed by atoms with Crippen LogP contribution < -0.4 is 10.6 Å². The van der Waals surface area contributed by atoms with Crippen LogP contribution in [0.2, 0.25) is 0 Å². The zero-order valence-corrected chi connectivity index (χ0v) is 15.2. The van der Waals surface area contributed by atoms with Crippen molar-refractivity contribution in [3.05, 3.63) is 70.3 Å². The van der Waals surface area contributed by atoms with E-state index in [1.165, 1.54) is 16.7 Å². The average molecular weight is 338 g/mol. The molecule has 132 valence electrons. The Labute approximate surface area is 149 Å². The van der Waals surface area contributed by atoms with Crippen LogP contribution in [0.1, 0.15) is 39.0 Å². The van der Waals surface area contributed by atoms with E-state index in [0.717, 1.165) is 18.4 Å². The van der Waals surface area contributed by atoms with Gasteiger partial charge in [0.25, 0.3) is 5.91 Å². The van der Waals surface area contributed by atoms with Crippen molar-refractivity contribution in [2.24, 2.45) is 0 Å². The number of carbonyl (C=O) groups excluding carboxylic acids is 2. The highest BCUT2D eigenvalue weighted by Gasteiger charge is 2.07. The summed E-state index contributed by atoms with van der Waals surface area (Å²) in [6.07, 6.45) is 1.81. The molecule has 0 spiro atoms. The maximum atomic E-state index is 11.9. The average Bonchev–Trinajstić information content (AvgIpc) is 2.58.